The lowest BCUT2D eigenvalue weighted by Gasteiger charge is -2.37. The second-order valence-corrected chi connectivity index (χ2v) is 13.4. The van der Waals surface area contributed by atoms with Crippen LogP contribution in [0.15, 0.2) is 54.7 Å². The number of anilines is 1. The predicted molar refractivity (Wildman–Crippen MR) is 156 cm³/mol. The molecule has 224 valence electrons. The third kappa shape index (κ3) is 5.96. The summed E-state index contributed by atoms with van der Waals surface area (Å²) in [5.74, 6) is -1.32. The number of nitrogens with zero attached hydrogens (tertiary/aromatic N) is 5. The molecule has 3 aliphatic rings. The molecule has 0 spiro atoms. The van der Waals surface area contributed by atoms with E-state index in [0.717, 1.165) is 9.99 Å². The number of likely N-dealkylation sites (tertiary alicyclic amines) is 1. The monoisotopic (exact) mass is 595 g/mol. The van der Waals surface area contributed by atoms with Crippen LogP contribution in [0.3, 0.4) is 0 Å². The highest BCUT2D eigenvalue weighted by atomic mass is 32.2. The van der Waals surface area contributed by atoms with Crippen LogP contribution >= 0.6 is 0 Å². The third-order valence-electron chi connectivity index (χ3n) is 8.36. The van der Waals surface area contributed by atoms with Crippen molar-refractivity contribution in [3.63, 3.8) is 0 Å². The lowest BCUT2D eigenvalue weighted by molar-refractivity contribution is -0.144. The second kappa shape index (κ2) is 12.3. The molecule has 1 aromatic carbocycles. The van der Waals surface area contributed by atoms with E-state index in [1.807, 2.05) is 44.2 Å². The Morgan fingerprint density at radius 2 is 1.64 bits per heavy atom. The Kier molecular flexibility index (Phi) is 8.74. The van der Waals surface area contributed by atoms with Crippen molar-refractivity contribution in [1.82, 2.24) is 19.1 Å². The second-order valence-electron chi connectivity index (χ2n) is 11.6. The van der Waals surface area contributed by atoms with Crippen LogP contribution in [0.5, 0.6) is 0 Å². The van der Waals surface area contributed by atoms with Gasteiger partial charge in [-0.1, -0.05) is 38.1 Å². The number of carbonyl (C=O) groups excluding carboxylic acids is 4. The van der Waals surface area contributed by atoms with Gasteiger partial charge >= 0.3 is 5.12 Å². The van der Waals surface area contributed by atoms with Gasteiger partial charge in [0.25, 0.3) is 10.0 Å². The number of benzene rings is 1. The van der Waals surface area contributed by atoms with Crippen molar-refractivity contribution in [3.05, 3.63) is 60.4 Å². The molecule has 3 saturated heterocycles. The number of hydrogen-bond donors (Lipinski definition) is 0. The molecule has 42 heavy (non-hydrogen) atoms. The van der Waals surface area contributed by atoms with E-state index in [1.165, 1.54) is 23.2 Å². The van der Waals surface area contributed by atoms with Gasteiger partial charge in [-0.15, -0.1) is 0 Å². The Bertz CT molecular complexity index is 1430. The number of ketones is 1. The zero-order valence-electron chi connectivity index (χ0n) is 24.0. The number of pyridine rings is 1. The number of para-hydroxylation sites is 1. The number of aromatic nitrogens is 1. The smallest absolute Gasteiger partial charge is 0.310 e. The van der Waals surface area contributed by atoms with Crippen molar-refractivity contribution in [1.29, 1.82) is 0 Å². The summed E-state index contributed by atoms with van der Waals surface area (Å²) in [4.78, 5) is 62.6. The van der Waals surface area contributed by atoms with Gasteiger partial charge in [0.1, 0.15) is 11.7 Å². The summed E-state index contributed by atoms with van der Waals surface area (Å²) >= 11 is 0. The summed E-state index contributed by atoms with van der Waals surface area (Å²) in [6, 6.07) is 12.6. The summed E-state index contributed by atoms with van der Waals surface area (Å²) in [6.07, 6.45) is 2.07. The van der Waals surface area contributed by atoms with Crippen LogP contribution in [0.1, 0.15) is 43.6 Å². The van der Waals surface area contributed by atoms with Crippen molar-refractivity contribution in [3.8, 4) is 0 Å². The van der Waals surface area contributed by atoms with E-state index in [9.17, 15) is 27.6 Å². The Morgan fingerprint density at radius 1 is 0.952 bits per heavy atom. The first kappa shape index (κ1) is 29.8. The molecule has 3 unspecified atom stereocenters. The molecule has 12 heteroatoms. The molecule has 0 radical (unpaired) electrons. The topological polar surface area (TPSA) is 128 Å². The minimum atomic E-state index is -4.52. The van der Waals surface area contributed by atoms with Gasteiger partial charge in [0.2, 0.25) is 11.8 Å². The van der Waals surface area contributed by atoms with E-state index in [2.05, 4.69) is 9.88 Å². The van der Waals surface area contributed by atoms with Crippen LogP contribution in [-0.4, -0.2) is 102 Å². The largest absolute Gasteiger partial charge is 0.368 e. The fourth-order valence-corrected chi connectivity index (χ4v) is 7.80. The molecule has 1 aromatic heterocycles. The average Bonchev–Trinajstić information content (AvgIpc) is 3.58. The first-order valence-corrected chi connectivity index (χ1v) is 15.9. The van der Waals surface area contributed by atoms with Crippen molar-refractivity contribution in [2.75, 3.05) is 44.2 Å². The first-order valence-electron chi connectivity index (χ1n) is 14.5. The van der Waals surface area contributed by atoms with Gasteiger partial charge in [-0.3, -0.25) is 24.2 Å². The lowest BCUT2D eigenvalue weighted by atomic mass is 9.91. The SMILES string of the molecule is CC(C)CC(CC(=O)N1CCN(c2ccccc2)CC1)C(=O)N1CCC2C1C(=O)CN2S(=O)(=O)C(=O)c1ccccn1. The zero-order valence-corrected chi connectivity index (χ0v) is 24.8. The molecule has 0 saturated carbocycles. The fourth-order valence-electron chi connectivity index (χ4n) is 6.33. The maximum atomic E-state index is 13.9. The molecule has 3 atom stereocenters. The van der Waals surface area contributed by atoms with E-state index < -0.39 is 45.5 Å². The van der Waals surface area contributed by atoms with E-state index in [4.69, 9.17) is 0 Å². The van der Waals surface area contributed by atoms with E-state index in [1.54, 1.807) is 11.0 Å². The summed E-state index contributed by atoms with van der Waals surface area (Å²) in [5.41, 5.74) is 0.888. The van der Waals surface area contributed by atoms with Crippen LogP contribution in [-0.2, 0) is 24.4 Å². The molecular formula is C30H37N5O6S. The van der Waals surface area contributed by atoms with Gasteiger partial charge in [-0.05, 0) is 43.0 Å². The van der Waals surface area contributed by atoms with E-state index >= 15 is 0 Å². The maximum Gasteiger partial charge on any atom is 0.310 e. The number of piperazine rings is 1. The Morgan fingerprint density at radius 3 is 2.29 bits per heavy atom. The number of sulfonamides is 1. The molecule has 3 aliphatic heterocycles. The molecule has 0 aliphatic carbocycles. The van der Waals surface area contributed by atoms with Crippen LogP contribution in [0, 0.1) is 11.8 Å². The van der Waals surface area contributed by atoms with E-state index in [0.29, 0.717) is 32.6 Å². The summed E-state index contributed by atoms with van der Waals surface area (Å²) in [5, 5.41) is -1.17. The summed E-state index contributed by atoms with van der Waals surface area (Å²) < 4.78 is 27.4. The average molecular weight is 596 g/mol. The van der Waals surface area contributed by atoms with Crippen molar-refractivity contribution in [2.45, 2.75) is 45.2 Å². The first-order chi connectivity index (χ1) is 20.1. The molecule has 0 N–H and O–H groups in total. The highest BCUT2D eigenvalue weighted by Crippen LogP contribution is 2.35. The number of Topliss-reactive ketones (excluding diaryl/α,β-unsaturated/α-hetero) is 1. The zero-order chi connectivity index (χ0) is 30.0. The normalized spacial score (nSPS) is 22.0. The van der Waals surface area contributed by atoms with Crippen LogP contribution in [0.4, 0.5) is 5.69 Å². The molecule has 5 rings (SSSR count). The van der Waals surface area contributed by atoms with Crippen molar-refractivity contribution < 1.29 is 27.6 Å². The molecule has 2 aromatic rings. The van der Waals surface area contributed by atoms with Gasteiger partial charge < -0.3 is 14.7 Å². The fraction of sp³-hybridized carbons (Fsp3) is 0.500. The Hall–Kier alpha value is -3.64. The summed E-state index contributed by atoms with van der Waals surface area (Å²) in [6.45, 7) is 6.18. The predicted octanol–water partition coefficient (Wildman–Crippen LogP) is 1.81. The minimum absolute atomic E-state index is 0.0323. The quantitative estimate of drug-likeness (QED) is 0.452. The molecule has 3 fully saturated rings. The number of fused-ring (bicyclic) bond motifs is 1. The number of carbonyl (C=O) groups is 4. The Labute approximate surface area is 246 Å². The van der Waals surface area contributed by atoms with Crippen LogP contribution in [0.2, 0.25) is 0 Å². The molecule has 4 heterocycles. The molecule has 11 nitrogen and oxygen atoms in total. The number of rotatable bonds is 8. The summed E-state index contributed by atoms with van der Waals surface area (Å²) in [7, 11) is -4.52. The minimum Gasteiger partial charge on any atom is -0.368 e. The van der Waals surface area contributed by atoms with Crippen molar-refractivity contribution >= 4 is 38.4 Å². The van der Waals surface area contributed by atoms with Gasteiger partial charge in [-0.25, -0.2) is 8.42 Å². The van der Waals surface area contributed by atoms with Crippen LogP contribution in [0.25, 0.3) is 0 Å². The van der Waals surface area contributed by atoms with Gasteiger partial charge in [0.15, 0.2) is 5.78 Å². The van der Waals surface area contributed by atoms with Crippen LogP contribution < -0.4 is 4.90 Å². The van der Waals surface area contributed by atoms with E-state index in [-0.39, 0.29) is 42.8 Å². The highest BCUT2D eigenvalue weighted by Gasteiger charge is 2.55. The standard InChI is InChI=1S/C30H37N5O6S/c1-21(2)18-22(19-27(37)33-16-14-32(15-17-33)23-8-4-3-5-9-23)29(38)34-13-11-25-28(34)26(36)20-35(25)42(40,41)30(39)24-10-6-7-12-31-24/h3-10,12,21-22,25,28H,11,13-20H2,1-2H3. The van der Waals surface area contributed by atoms with Crippen molar-refractivity contribution in [2.24, 2.45) is 11.8 Å². The molecule has 0 bridgehead atoms. The Balaban J connectivity index is 1.26. The number of amides is 2. The number of hydrogen-bond acceptors (Lipinski definition) is 8. The molecule has 2 amide bonds. The van der Waals surface area contributed by atoms with Gasteiger partial charge in [0, 0.05) is 56.9 Å². The third-order valence-corrected chi connectivity index (χ3v) is 10.1. The maximum absolute atomic E-state index is 13.9. The lowest BCUT2D eigenvalue weighted by Crippen LogP contribution is -2.50. The highest BCUT2D eigenvalue weighted by molar-refractivity contribution is 8.04. The molecular weight excluding hydrogens is 558 g/mol. The van der Waals surface area contributed by atoms with Gasteiger partial charge in [0.05, 0.1) is 12.6 Å². The van der Waals surface area contributed by atoms with Gasteiger partial charge in [-0.2, -0.15) is 4.31 Å².